The summed E-state index contributed by atoms with van der Waals surface area (Å²) < 4.78 is 0. The van der Waals surface area contributed by atoms with E-state index in [-0.39, 0.29) is 22.6 Å². The first-order valence-corrected chi connectivity index (χ1v) is 9.78. The Morgan fingerprint density at radius 2 is 1.96 bits per heavy atom. The van der Waals surface area contributed by atoms with Crippen LogP contribution in [0.3, 0.4) is 0 Å². The number of carbonyl (C=O) groups is 1. The minimum absolute atomic E-state index is 0.00278. The van der Waals surface area contributed by atoms with Gasteiger partial charge in [-0.2, -0.15) is 0 Å². The topological polar surface area (TPSA) is 84.7 Å². The van der Waals surface area contributed by atoms with Gasteiger partial charge in [0.05, 0.1) is 13.8 Å². The predicted octanol–water partition coefficient (Wildman–Crippen LogP) is 1.78. The average Bonchev–Trinajstić information content (AvgIpc) is 3.20. The van der Waals surface area contributed by atoms with Crippen molar-refractivity contribution in [1.82, 2.24) is 4.90 Å². The van der Waals surface area contributed by atoms with E-state index in [0.717, 1.165) is 35.3 Å². The molecule has 134 valence electrons. The van der Waals surface area contributed by atoms with Crippen LogP contribution in [0.25, 0.3) is 0 Å². The third-order valence-electron chi connectivity index (χ3n) is 5.75. The zero-order valence-corrected chi connectivity index (χ0v) is 15.9. The molecule has 1 saturated carbocycles. The fraction of sp³-hybridized carbons (Fsp3) is 0.474. The highest BCUT2D eigenvalue weighted by Crippen LogP contribution is 2.49. The molecule has 4 rings (SSSR count). The number of amides is 1. The minimum Gasteiger partial charge on any atom is -0.369 e. The average molecular weight is 366 g/mol. The van der Waals surface area contributed by atoms with E-state index in [4.69, 9.17) is 24.3 Å². The number of thioether (sulfide) groups is 1. The molecule has 1 fully saturated rings. The van der Waals surface area contributed by atoms with Gasteiger partial charge in [0.15, 0.2) is 5.96 Å². The number of rotatable bonds is 3. The van der Waals surface area contributed by atoms with Gasteiger partial charge in [-0.25, -0.2) is 4.99 Å². The number of hydrogen-bond donors (Lipinski definition) is 2. The van der Waals surface area contributed by atoms with E-state index < -0.39 is 11.5 Å². The molecule has 2 heterocycles. The molecule has 0 spiro atoms. The second-order valence-electron chi connectivity index (χ2n) is 7.69. The Balaban J connectivity index is 1.77. The fourth-order valence-electron chi connectivity index (χ4n) is 3.83. The molecule has 4 N–H and O–H groups in total. The maximum absolute atomic E-state index is 13.2. The first kappa shape index (κ1) is 17.7. The zero-order chi connectivity index (χ0) is 18.7. The molecule has 7 heteroatoms. The summed E-state index contributed by atoms with van der Waals surface area (Å²) in [6, 6.07) is 8.10. The van der Waals surface area contributed by atoms with Gasteiger partial charge >= 0.3 is 0 Å². The summed E-state index contributed by atoms with van der Waals surface area (Å²) in [4.78, 5) is 20.3. The lowest BCUT2D eigenvalue weighted by atomic mass is 9.77. The molecule has 2 radical (unpaired) electrons. The van der Waals surface area contributed by atoms with E-state index in [1.165, 1.54) is 4.90 Å². The molecular formula is C19H23BN4OS. The van der Waals surface area contributed by atoms with Crippen molar-refractivity contribution in [1.29, 1.82) is 0 Å². The number of guanidine groups is 1. The summed E-state index contributed by atoms with van der Waals surface area (Å²) in [6.07, 6.45) is 4.89. The number of benzene rings is 1. The SMILES string of the molecule is [B]C1CC=C([C@@]2(C)N=C(N)N(C)C(=O)[C@@H]2c2ccc(C3(N)CC3)cc2)S1. The van der Waals surface area contributed by atoms with Crippen LogP contribution in [-0.4, -0.2) is 42.3 Å². The first-order chi connectivity index (χ1) is 12.2. The predicted molar refractivity (Wildman–Crippen MR) is 107 cm³/mol. The maximum Gasteiger partial charge on any atom is 0.239 e. The summed E-state index contributed by atoms with van der Waals surface area (Å²) in [5, 5.41) is 0.00278. The molecule has 3 aliphatic rings. The smallest absolute Gasteiger partial charge is 0.239 e. The van der Waals surface area contributed by atoms with Gasteiger partial charge in [0.25, 0.3) is 0 Å². The number of nitrogens with two attached hydrogens (primary N) is 2. The molecule has 1 aliphatic carbocycles. The first-order valence-electron chi connectivity index (χ1n) is 8.90. The third kappa shape index (κ3) is 2.69. The van der Waals surface area contributed by atoms with Gasteiger partial charge < -0.3 is 11.5 Å². The lowest BCUT2D eigenvalue weighted by Crippen LogP contribution is -2.54. The van der Waals surface area contributed by atoms with Gasteiger partial charge in [0, 0.05) is 17.5 Å². The van der Waals surface area contributed by atoms with Crippen molar-refractivity contribution in [2.75, 3.05) is 7.05 Å². The zero-order valence-electron chi connectivity index (χ0n) is 15.1. The highest BCUT2D eigenvalue weighted by molar-refractivity contribution is 8.05. The van der Waals surface area contributed by atoms with E-state index in [2.05, 4.69) is 6.08 Å². The number of aliphatic imine (C=N–C) groups is 1. The second-order valence-corrected chi connectivity index (χ2v) is 8.97. The number of carbonyl (C=O) groups excluding carboxylic acids is 1. The Kier molecular flexibility index (Phi) is 4.01. The maximum atomic E-state index is 13.2. The molecule has 1 aromatic rings. The standard InChI is InChI=1S/C19H23BN4OS/c1-18(13-7-8-14(20)26-13)15(16(25)24(2)17(21)23-18)11-3-5-12(6-4-11)19(22)9-10-19/h3-7,14-15H,8-10,22H2,1-2H3,(H2,21,23)/t14?,15-,18+/m0/s1. The van der Waals surface area contributed by atoms with Crippen molar-refractivity contribution in [2.24, 2.45) is 16.5 Å². The molecule has 0 bridgehead atoms. The van der Waals surface area contributed by atoms with E-state index in [0.29, 0.717) is 0 Å². The van der Waals surface area contributed by atoms with Gasteiger partial charge in [-0.15, -0.1) is 11.8 Å². The molecule has 26 heavy (non-hydrogen) atoms. The molecule has 5 nitrogen and oxygen atoms in total. The van der Waals surface area contributed by atoms with E-state index in [9.17, 15) is 4.79 Å². The summed E-state index contributed by atoms with van der Waals surface area (Å²) in [5.74, 6) is -0.249. The highest BCUT2D eigenvalue weighted by atomic mass is 32.2. The van der Waals surface area contributed by atoms with Crippen LogP contribution in [0, 0.1) is 0 Å². The van der Waals surface area contributed by atoms with Crippen molar-refractivity contribution in [3.05, 3.63) is 46.4 Å². The minimum atomic E-state index is -0.742. The van der Waals surface area contributed by atoms with Gasteiger partial charge in [0.1, 0.15) is 5.54 Å². The second kappa shape index (κ2) is 5.89. The molecule has 1 amide bonds. The Morgan fingerprint density at radius 1 is 1.31 bits per heavy atom. The van der Waals surface area contributed by atoms with Crippen LogP contribution < -0.4 is 11.5 Å². The van der Waals surface area contributed by atoms with Crippen LogP contribution in [0.4, 0.5) is 0 Å². The van der Waals surface area contributed by atoms with Crippen molar-refractivity contribution in [3.63, 3.8) is 0 Å². The van der Waals surface area contributed by atoms with Crippen LogP contribution in [0.2, 0.25) is 0 Å². The number of hydrogen-bond acceptors (Lipinski definition) is 5. The Bertz CT molecular complexity index is 817. The molecular weight excluding hydrogens is 343 g/mol. The fourth-order valence-corrected chi connectivity index (χ4v) is 4.94. The monoisotopic (exact) mass is 366 g/mol. The molecule has 3 atom stereocenters. The third-order valence-corrected chi connectivity index (χ3v) is 7.08. The van der Waals surface area contributed by atoms with Gasteiger partial charge in [0.2, 0.25) is 5.91 Å². The molecule has 2 aliphatic heterocycles. The van der Waals surface area contributed by atoms with Crippen LogP contribution in [0.1, 0.15) is 43.2 Å². The normalized spacial score (nSPS) is 33.0. The summed E-state index contributed by atoms with van der Waals surface area (Å²) in [6.45, 7) is 1.98. The lowest BCUT2D eigenvalue weighted by Gasteiger charge is -2.41. The summed E-state index contributed by atoms with van der Waals surface area (Å²) in [5.41, 5.74) is 13.5. The lowest BCUT2D eigenvalue weighted by molar-refractivity contribution is -0.129. The van der Waals surface area contributed by atoms with E-state index >= 15 is 0 Å². The largest absolute Gasteiger partial charge is 0.369 e. The highest BCUT2D eigenvalue weighted by Gasteiger charge is 2.49. The Morgan fingerprint density at radius 3 is 2.50 bits per heavy atom. The number of nitrogens with zero attached hydrogens (tertiary/aromatic N) is 2. The molecule has 1 unspecified atom stereocenters. The van der Waals surface area contributed by atoms with E-state index in [1.807, 2.05) is 31.2 Å². The van der Waals surface area contributed by atoms with Crippen LogP contribution in [0.5, 0.6) is 0 Å². The number of allylic oxidation sites excluding steroid dienone is 1. The quantitative estimate of drug-likeness (QED) is 0.799. The van der Waals surface area contributed by atoms with Gasteiger partial charge in [-0.05, 0) is 42.5 Å². The van der Waals surface area contributed by atoms with Crippen molar-refractivity contribution in [2.45, 2.75) is 48.3 Å². The van der Waals surface area contributed by atoms with E-state index in [1.54, 1.807) is 18.8 Å². The van der Waals surface area contributed by atoms with Gasteiger partial charge in [-0.1, -0.05) is 30.3 Å². The van der Waals surface area contributed by atoms with Crippen molar-refractivity contribution in [3.8, 4) is 0 Å². The summed E-state index contributed by atoms with van der Waals surface area (Å²) in [7, 11) is 7.74. The number of likely N-dealkylation sites (N-methyl/N-ethyl adjacent to an activating group) is 1. The molecule has 0 saturated heterocycles. The van der Waals surface area contributed by atoms with Crippen LogP contribution in [-0.2, 0) is 10.3 Å². The van der Waals surface area contributed by atoms with Crippen LogP contribution >= 0.6 is 11.8 Å². The van der Waals surface area contributed by atoms with Crippen LogP contribution in [0.15, 0.2) is 40.2 Å². The summed E-state index contributed by atoms with van der Waals surface area (Å²) >= 11 is 1.58. The Labute approximate surface area is 159 Å². The molecule has 1 aromatic carbocycles. The Hall–Kier alpha value is -1.73. The molecule has 0 aromatic heterocycles. The van der Waals surface area contributed by atoms with Crippen molar-refractivity contribution >= 4 is 31.5 Å². The van der Waals surface area contributed by atoms with Gasteiger partial charge in [-0.3, -0.25) is 9.69 Å². The van der Waals surface area contributed by atoms with Crippen molar-refractivity contribution < 1.29 is 4.79 Å².